The number of carbonyl (C=O) groups excluding carboxylic acids is 1. The number of hydrogen-bond acceptors (Lipinski definition) is 6. The summed E-state index contributed by atoms with van der Waals surface area (Å²) >= 11 is 0. The number of anilines is 1. The zero-order valence-corrected chi connectivity index (χ0v) is 15.7. The van der Waals surface area contributed by atoms with Crippen LogP contribution in [0.1, 0.15) is 18.5 Å². The molecule has 0 aliphatic carbocycles. The van der Waals surface area contributed by atoms with Crippen LogP contribution in [0.15, 0.2) is 12.3 Å². The van der Waals surface area contributed by atoms with Crippen molar-refractivity contribution in [2.24, 2.45) is 5.92 Å². The Bertz CT molecular complexity index is 587. The Labute approximate surface area is 150 Å². The smallest absolute Gasteiger partial charge is 0.227 e. The van der Waals surface area contributed by atoms with Crippen molar-refractivity contribution < 1.29 is 4.79 Å². The van der Waals surface area contributed by atoms with Gasteiger partial charge in [-0.3, -0.25) is 9.69 Å². The molecule has 3 rings (SSSR count). The Hall–Kier alpha value is -1.73. The molecule has 25 heavy (non-hydrogen) atoms. The number of hydrogen-bond donors (Lipinski definition) is 0. The van der Waals surface area contributed by atoms with Gasteiger partial charge in [0.05, 0.1) is 11.6 Å². The third kappa shape index (κ3) is 4.67. The van der Waals surface area contributed by atoms with Gasteiger partial charge >= 0.3 is 0 Å². The Kier molecular flexibility index (Phi) is 5.86. The minimum absolute atomic E-state index is 0.0161. The molecular formula is C18H30N6O. The fraction of sp³-hybridized carbons (Fsp3) is 0.722. The molecule has 0 bridgehead atoms. The lowest BCUT2D eigenvalue weighted by Crippen LogP contribution is -2.40. The first-order valence-electron chi connectivity index (χ1n) is 9.22. The summed E-state index contributed by atoms with van der Waals surface area (Å²) in [5.74, 6) is 1.07. The molecule has 0 radical (unpaired) electrons. The van der Waals surface area contributed by atoms with Gasteiger partial charge in [0, 0.05) is 66.1 Å². The van der Waals surface area contributed by atoms with E-state index < -0.39 is 0 Å². The predicted octanol–water partition coefficient (Wildman–Crippen LogP) is 0.529. The molecular weight excluding hydrogens is 316 g/mol. The summed E-state index contributed by atoms with van der Waals surface area (Å²) in [7, 11) is 5.77. The number of aromatic nitrogens is 2. The van der Waals surface area contributed by atoms with E-state index in [1.165, 1.54) is 12.8 Å². The highest BCUT2D eigenvalue weighted by Crippen LogP contribution is 2.17. The lowest BCUT2D eigenvalue weighted by atomic mass is 10.1. The molecule has 3 heterocycles. The number of amides is 1. The normalized spacial score (nSPS) is 22.8. The van der Waals surface area contributed by atoms with Crippen molar-refractivity contribution in [1.82, 2.24) is 24.7 Å². The standard InChI is InChI=1S/C18H30N6O/c1-21(2)17(25)15-12-22(3)10-11-23(13-15)14-16-6-7-19-18(20-16)24-8-4-5-9-24/h6-7,15H,4-5,8-14H2,1-3H3/t15-/m1/s1. The number of likely N-dealkylation sites (N-methyl/N-ethyl adjacent to an activating group) is 1. The van der Waals surface area contributed by atoms with E-state index in [4.69, 9.17) is 4.98 Å². The van der Waals surface area contributed by atoms with Gasteiger partial charge < -0.3 is 14.7 Å². The van der Waals surface area contributed by atoms with E-state index in [1.807, 2.05) is 26.4 Å². The summed E-state index contributed by atoms with van der Waals surface area (Å²) in [6, 6.07) is 2.00. The van der Waals surface area contributed by atoms with E-state index in [0.29, 0.717) is 0 Å². The molecule has 1 aromatic rings. The molecule has 2 saturated heterocycles. The van der Waals surface area contributed by atoms with E-state index >= 15 is 0 Å². The van der Waals surface area contributed by atoms with Crippen LogP contribution in [0.2, 0.25) is 0 Å². The van der Waals surface area contributed by atoms with Crippen molar-refractivity contribution >= 4 is 11.9 Å². The molecule has 1 atom stereocenters. The summed E-state index contributed by atoms with van der Waals surface area (Å²) in [5, 5.41) is 0. The average Bonchev–Trinajstić information content (AvgIpc) is 3.07. The molecule has 0 N–H and O–H groups in total. The first-order chi connectivity index (χ1) is 12.0. The Morgan fingerprint density at radius 2 is 1.96 bits per heavy atom. The van der Waals surface area contributed by atoms with Gasteiger partial charge in [0.25, 0.3) is 0 Å². The van der Waals surface area contributed by atoms with Crippen LogP contribution >= 0.6 is 0 Å². The van der Waals surface area contributed by atoms with Crippen LogP contribution in [0, 0.1) is 5.92 Å². The third-order valence-electron chi connectivity index (χ3n) is 5.07. The van der Waals surface area contributed by atoms with Gasteiger partial charge in [0.2, 0.25) is 11.9 Å². The van der Waals surface area contributed by atoms with Gasteiger partial charge in [-0.1, -0.05) is 0 Å². The zero-order valence-electron chi connectivity index (χ0n) is 15.7. The second-order valence-electron chi connectivity index (χ2n) is 7.47. The summed E-state index contributed by atoms with van der Waals surface area (Å²) in [4.78, 5) is 30.2. The van der Waals surface area contributed by atoms with Crippen LogP contribution in [0.4, 0.5) is 5.95 Å². The maximum Gasteiger partial charge on any atom is 0.227 e. The summed E-state index contributed by atoms with van der Waals surface area (Å²) < 4.78 is 0. The molecule has 0 unspecified atom stereocenters. The van der Waals surface area contributed by atoms with Crippen molar-refractivity contribution in [3.05, 3.63) is 18.0 Å². The van der Waals surface area contributed by atoms with Gasteiger partial charge in [0.1, 0.15) is 0 Å². The highest BCUT2D eigenvalue weighted by molar-refractivity contribution is 5.78. The summed E-state index contributed by atoms with van der Waals surface area (Å²) in [5.41, 5.74) is 1.04. The van der Waals surface area contributed by atoms with Crippen molar-refractivity contribution in [3.63, 3.8) is 0 Å². The maximum absolute atomic E-state index is 12.5. The highest BCUT2D eigenvalue weighted by Gasteiger charge is 2.28. The molecule has 138 valence electrons. The van der Waals surface area contributed by atoms with Crippen molar-refractivity contribution in [2.75, 3.05) is 65.3 Å². The first kappa shape index (κ1) is 18.1. The van der Waals surface area contributed by atoms with Gasteiger partial charge in [-0.25, -0.2) is 9.97 Å². The average molecular weight is 346 g/mol. The monoisotopic (exact) mass is 346 g/mol. The fourth-order valence-corrected chi connectivity index (χ4v) is 3.68. The summed E-state index contributed by atoms with van der Waals surface area (Å²) in [6.07, 6.45) is 4.31. The SMILES string of the molecule is CN1CCN(Cc2ccnc(N3CCCC3)n2)C[C@H](C(=O)N(C)C)C1. The lowest BCUT2D eigenvalue weighted by molar-refractivity contribution is -0.133. The van der Waals surface area contributed by atoms with Crippen LogP contribution in [0.25, 0.3) is 0 Å². The lowest BCUT2D eigenvalue weighted by Gasteiger charge is -2.25. The van der Waals surface area contributed by atoms with Crippen LogP contribution in [-0.2, 0) is 11.3 Å². The van der Waals surface area contributed by atoms with Crippen molar-refractivity contribution in [1.29, 1.82) is 0 Å². The molecule has 0 saturated carbocycles. The fourth-order valence-electron chi connectivity index (χ4n) is 3.68. The van der Waals surface area contributed by atoms with E-state index in [-0.39, 0.29) is 11.8 Å². The molecule has 1 amide bonds. The van der Waals surface area contributed by atoms with Crippen LogP contribution < -0.4 is 4.90 Å². The largest absolute Gasteiger partial charge is 0.348 e. The Morgan fingerprint density at radius 1 is 1.20 bits per heavy atom. The maximum atomic E-state index is 12.5. The molecule has 2 aliphatic rings. The second-order valence-corrected chi connectivity index (χ2v) is 7.47. The molecule has 2 aliphatic heterocycles. The Balaban J connectivity index is 1.68. The van der Waals surface area contributed by atoms with Crippen LogP contribution in [-0.4, -0.2) is 91.0 Å². The van der Waals surface area contributed by atoms with Gasteiger partial charge in [0.15, 0.2) is 0 Å². The molecule has 1 aromatic heterocycles. The topological polar surface area (TPSA) is 55.8 Å². The molecule has 7 nitrogen and oxygen atoms in total. The van der Waals surface area contributed by atoms with Crippen molar-refractivity contribution in [2.45, 2.75) is 19.4 Å². The van der Waals surface area contributed by atoms with E-state index in [2.05, 4.69) is 26.7 Å². The third-order valence-corrected chi connectivity index (χ3v) is 5.07. The van der Waals surface area contributed by atoms with Gasteiger partial charge in [-0.15, -0.1) is 0 Å². The summed E-state index contributed by atoms with van der Waals surface area (Å²) in [6.45, 7) is 6.40. The predicted molar refractivity (Wildman–Crippen MR) is 98.4 cm³/mol. The van der Waals surface area contributed by atoms with Crippen LogP contribution in [0.5, 0.6) is 0 Å². The van der Waals surface area contributed by atoms with Gasteiger partial charge in [-0.2, -0.15) is 0 Å². The van der Waals surface area contributed by atoms with Crippen molar-refractivity contribution in [3.8, 4) is 0 Å². The zero-order chi connectivity index (χ0) is 17.8. The minimum atomic E-state index is 0.0161. The molecule has 2 fully saturated rings. The number of carbonyl (C=O) groups is 1. The number of nitrogens with zero attached hydrogens (tertiary/aromatic N) is 6. The Morgan fingerprint density at radius 3 is 2.68 bits per heavy atom. The van der Waals surface area contributed by atoms with Gasteiger partial charge in [-0.05, 0) is 26.0 Å². The first-order valence-corrected chi connectivity index (χ1v) is 9.22. The minimum Gasteiger partial charge on any atom is -0.348 e. The van der Waals surface area contributed by atoms with E-state index in [1.54, 1.807) is 4.90 Å². The molecule has 0 aromatic carbocycles. The van der Waals surface area contributed by atoms with E-state index in [9.17, 15) is 4.79 Å². The number of rotatable bonds is 4. The highest BCUT2D eigenvalue weighted by atomic mass is 16.2. The quantitative estimate of drug-likeness (QED) is 0.793. The molecule has 7 heteroatoms. The van der Waals surface area contributed by atoms with Crippen LogP contribution in [0.3, 0.4) is 0 Å². The molecule has 0 spiro atoms. The second kappa shape index (κ2) is 8.10. The van der Waals surface area contributed by atoms with E-state index in [0.717, 1.165) is 57.5 Å².